The van der Waals surface area contributed by atoms with Crippen LogP contribution in [0.1, 0.15) is 18.4 Å². The van der Waals surface area contributed by atoms with Gasteiger partial charge in [0.1, 0.15) is 13.3 Å². The number of hydrogen-bond acceptors (Lipinski definition) is 6. The monoisotopic (exact) mass is 415 g/mol. The number of piperidine rings is 1. The van der Waals surface area contributed by atoms with Crippen LogP contribution < -0.4 is 14.8 Å². The van der Waals surface area contributed by atoms with E-state index in [4.69, 9.17) is 9.47 Å². The fourth-order valence-electron chi connectivity index (χ4n) is 3.68. The summed E-state index contributed by atoms with van der Waals surface area (Å²) >= 11 is 1.72. The third-order valence-electron chi connectivity index (χ3n) is 5.18. The number of halogens is 1. The number of hydrogen-bond donors (Lipinski definition) is 1. The SMILES string of the molecule is COc1ccc(CN2CCC(Nc3nc4ccccc4s3)CC2)cc1OCCF. The number of para-hydroxylation sites is 1. The van der Waals surface area contributed by atoms with Gasteiger partial charge in [0.05, 0.1) is 17.3 Å². The van der Waals surface area contributed by atoms with Crippen molar-refractivity contribution in [1.82, 2.24) is 9.88 Å². The molecule has 0 unspecified atom stereocenters. The van der Waals surface area contributed by atoms with Crippen molar-refractivity contribution in [2.24, 2.45) is 0 Å². The standard InChI is InChI=1S/C22H26FN3O2S/c1-27-19-7-6-16(14-20(19)28-13-10-23)15-26-11-8-17(9-12-26)24-22-25-18-4-2-3-5-21(18)29-22/h2-7,14,17H,8-13,15H2,1H3,(H,24,25). The molecule has 0 aliphatic carbocycles. The Morgan fingerprint density at radius 1 is 1.17 bits per heavy atom. The van der Waals surface area contributed by atoms with E-state index in [0.29, 0.717) is 17.5 Å². The average molecular weight is 416 g/mol. The Bertz CT molecular complexity index is 908. The number of rotatable bonds is 8. The molecule has 0 radical (unpaired) electrons. The summed E-state index contributed by atoms with van der Waals surface area (Å²) in [5, 5.41) is 4.62. The number of thiazole rings is 1. The van der Waals surface area contributed by atoms with E-state index in [1.807, 2.05) is 24.3 Å². The van der Waals surface area contributed by atoms with Gasteiger partial charge < -0.3 is 14.8 Å². The van der Waals surface area contributed by atoms with Gasteiger partial charge in [0.2, 0.25) is 0 Å². The van der Waals surface area contributed by atoms with Crippen LogP contribution in [-0.2, 0) is 6.54 Å². The second-order valence-corrected chi connectivity index (χ2v) is 8.23. The molecule has 2 heterocycles. The molecule has 5 nitrogen and oxygen atoms in total. The van der Waals surface area contributed by atoms with Gasteiger partial charge in [-0.2, -0.15) is 0 Å². The third kappa shape index (κ3) is 4.97. The molecule has 154 valence electrons. The van der Waals surface area contributed by atoms with E-state index in [2.05, 4.69) is 33.4 Å². The Morgan fingerprint density at radius 3 is 2.76 bits per heavy atom. The van der Waals surface area contributed by atoms with Crippen molar-refractivity contribution in [2.75, 3.05) is 38.8 Å². The van der Waals surface area contributed by atoms with Crippen molar-refractivity contribution in [3.8, 4) is 11.5 Å². The molecule has 1 aromatic heterocycles. The first-order valence-electron chi connectivity index (χ1n) is 9.95. The molecular formula is C22H26FN3O2S. The topological polar surface area (TPSA) is 46.6 Å². The zero-order valence-electron chi connectivity index (χ0n) is 16.6. The number of aromatic nitrogens is 1. The van der Waals surface area contributed by atoms with Crippen molar-refractivity contribution in [3.05, 3.63) is 48.0 Å². The van der Waals surface area contributed by atoms with Gasteiger partial charge in [-0.15, -0.1) is 0 Å². The summed E-state index contributed by atoms with van der Waals surface area (Å²) in [5.74, 6) is 1.25. The van der Waals surface area contributed by atoms with Crippen LogP contribution in [0.25, 0.3) is 10.2 Å². The lowest BCUT2D eigenvalue weighted by Gasteiger charge is -2.32. The van der Waals surface area contributed by atoms with Crippen molar-refractivity contribution in [3.63, 3.8) is 0 Å². The molecule has 29 heavy (non-hydrogen) atoms. The highest BCUT2D eigenvalue weighted by molar-refractivity contribution is 7.22. The molecule has 1 saturated heterocycles. The number of methoxy groups -OCH3 is 1. The summed E-state index contributed by atoms with van der Waals surface area (Å²) in [6, 6.07) is 14.6. The lowest BCUT2D eigenvalue weighted by Crippen LogP contribution is -2.38. The van der Waals surface area contributed by atoms with Crippen LogP contribution in [0.5, 0.6) is 11.5 Å². The lowest BCUT2D eigenvalue weighted by molar-refractivity contribution is 0.210. The number of likely N-dealkylation sites (tertiary alicyclic amines) is 1. The normalized spacial score (nSPS) is 15.5. The van der Waals surface area contributed by atoms with Gasteiger partial charge >= 0.3 is 0 Å². The van der Waals surface area contributed by atoms with Gasteiger partial charge in [0.25, 0.3) is 0 Å². The van der Waals surface area contributed by atoms with Crippen LogP contribution in [0.15, 0.2) is 42.5 Å². The molecule has 0 amide bonds. The molecule has 0 atom stereocenters. The minimum absolute atomic E-state index is 0.0443. The quantitative estimate of drug-likeness (QED) is 0.576. The number of nitrogens with one attached hydrogen (secondary N) is 1. The van der Waals surface area contributed by atoms with E-state index in [0.717, 1.165) is 48.7 Å². The second kappa shape index (κ2) is 9.41. The smallest absolute Gasteiger partial charge is 0.184 e. The van der Waals surface area contributed by atoms with E-state index in [-0.39, 0.29) is 6.61 Å². The molecule has 1 aliphatic rings. The van der Waals surface area contributed by atoms with Crippen LogP contribution in [0.4, 0.5) is 9.52 Å². The first kappa shape index (κ1) is 19.9. The van der Waals surface area contributed by atoms with Crippen molar-refractivity contribution >= 4 is 26.7 Å². The van der Waals surface area contributed by atoms with Crippen LogP contribution >= 0.6 is 11.3 Å². The van der Waals surface area contributed by atoms with E-state index in [1.54, 1.807) is 18.4 Å². The van der Waals surface area contributed by atoms with Gasteiger partial charge in [-0.25, -0.2) is 9.37 Å². The van der Waals surface area contributed by atoms with Gasteiger partial charge in [0, 0.05) is 25.7 Å². The average Bonchev–Trinajstić information content (AvgIpc) is 3.16. The van der Waals surface area contributed by atoms with Crippen LogP contribution in [0.2, 0.25) is 0 Å². The molecule has 1 fully saturated rings. The van der Waals surface area contributed by atoms with E-state index < -0.39 is 6.67 Å². The summed E-state index contributed by atoms with van der Waals surface area (Å²) in [6.07, 6.45) is 2.16. The molecular weight excluding hydrogens is 389 g/mol. The highest BCUT2D eigenvalue weighted by atomic mass is 32.1. The maximum Gasteiger partial charge on any atom is 0.184 e. The predicted octanol–water partition coefficient (Wildman–Crippen LogP) is 4.73. The molecule has 7 heteroatoms. The Hall–Kier alpha value is -2.38. The number of ether oxygens (including phenoxy) is 2. The third-order valence-corrected chi connectivity index (χ3v) is 6.15. The van der Waals surface area contributed by atoms with Crippen LogP contribution in [-0.4, -0.2) is 49.4 Å². The van der Waals surface area contributed by atoms with Gasteiger partial charge in [-0.05, 0) is 42.7 Å². The summed E-state index contributed by atoms with van der Waals surface area (Å²) in [5.41, 5.74) is 2.21. The second-order valence-electron chi connectivity index (χ2n) is 7.20. The largest absolute Gasteiger partial charge is 0.493 e. The lowest BCUT2D eigenvalue weighted by atomic mass is 10.0. The summed E-state index contributed by atoms with van der Waals surface area (Å²) in [6.45, 7) is 2.43. The molecule has 0 bridgehead atoms. The highest BCUT2D eigenvalue weighted by Gasteiger charge is 2.20. The van der Waals surface area contributed by atoms with Gasteiger partial charge in [-0.3, -0.25) is 4.90 Å². The Morgan fingerprint density at radius 2 is 2.00 bits per heavy atom. The number of fused-ring (bicyclic) bond motifs is 1. The molecule has 1 aliphatic heterocycles. The number of anilines is 1. The van der Waals surface area contributed by atoms with Crippen LogP contribution in [0.3, 0.4) is 0 Å². The maximum atomic E-state index is 12.5. The van der Waals surface area contributed by atoms with Crippen molar-refractivity contribution in [2.45, 2.75) is 25.4 Å². The van der Waals surface area contributed by atoms with Crippen molar-refractivity contribution in [1.29, 1.82) is 0 Å². The molecule has 1 N–H and O–H groups in total. The number of alkyl halides is 1. The van der Waals surface area contributed by atoms with E-state index >= 15 is 0 Å². The highest BCUT2D eigenvalue weighted by Crippen LogP contribution is 2.30. The summed E-state index contributed by atoms with van der Waals surface area (Å²) in [7, 11) is 1.60. The van der Waals surface area contributed by atoms with E-state index in [1.165, 1.54) is 4.70 Å². The Kier molecular flexibility index (Phi) is 6.46. The zero-order chi connectivity index (χ0) is 20.1. The number of benzene rings is 2. The maximum absolute atomic E-state index is 12.5. The zero-order valence-corrected chi connectivity index (χ0v) is 17.4. The first-order valence-corrected chi connectivity index (χ1v) is 10.8. The summed E-state index contributed by atoms with van der Waals surface area (Å²) < 4.78 is 24.5. The molecule has 3 aromatic rings. The minimum atomic E-state index is -0.511. The predicted molar refractivity (Wildman–Crippen MR) is 116 cm³/mol. The molecule has 0 spiro atoms. The minimum Gasteiger partial charge on any atom is -0.493 e. The molecule has 0 saturated carbocycles. The van der Waals surface area contributed by atoms with Crippen LogP contribution in [0, 0.1) is 0 Å². The summed E-state index contributed by atoms with van der Waals surface area (Å²) in [4.78, 5) is 7.13. The Labute approximate surface area is 174 Å². The van der Waals surface area contributed by atoms with Crippen molar-refractivity contribution < 1.29 is 13.9 Å². The molecule has 4 rings (SSSR count). The number of nitrogens with zero attached hydrogens (tertiary/aromatic N) is 2. The van der Waals surface area contributed by atoms with Gasteiger partial charge in [-0.1, -0.05) is 29.5 Å². The fourth-order valence-corrected chi connectivity index (χ4v) is 4.63. The fraction of sp³-hybridized carbons (Fsp3) is 0.409. The first-order chi connectivity index (χ1) is 14.2. The molecule has 2 aromatic carbocycles. The Balaban J connectivity index is 1.31. The van der Waals surface area contributed by atoms with Gasteiger partial charge in [0.15, 0.2) is 16.6 Å². The van der Waals surface area contributed by atoms with E-state index in [9.17, 15) is 4.39 Å².